The fourth-order valence-electron chi connectivity index (χ4n) is 4.65. The van der Waals surface area contributed by atoms with Gasteiger partial charge in [-0.15, -0.1) is 11.3 Å². The molecular formula is C26H34N2O5S2. The highest BCUT2D eigenvalue weighted by molar-refractivity contribution is 7.91. The standard InChI is InChI=1S/C26H34N2O5S2/c1-15(2)18-6-8-20(9-7-18)33-17(4)24(29)28-26-23(21-10-5-16(3)13-22(21)34-26)25(30)27-19-11-12-35(31,32)14-19/h6-9,15-17,19H,5,10-14H2,1-4H3,(H,27,30)(H,28,29). The maximum Gasteiger partial charge on any atom is 0.265 e. The normalized spacial score (nSPS) is 21.9. The zero-order chi connectivity index (χ0) is 25.3. The third kappa shape index (κ3) is 6.06. The molecule has 2 amide bonds. The summed E-state index contributed by atoms with van der Waals surface area (Å²) in [6.45, 7) is 8.11. The van der Waals surface area contributed by atoms with Crippen LogP contribution in [0.15, 0.2) is 24.3 Å². The number of rotatable bonds is 7. The molecule has 0 radical (unpaired) electrons. The SMILES string of the molecule is CC1CCc2c(sc(NC(=O)C(C)Oc3ccc(C(C)C)cc3)c2C(=O)NC2CCS(=O)(=O)C2)C1. The van der Waals surface area contributed by atoms with E-state index in [1.807, 2.05) is 24.3 Å². The van der Waals surface area contributed by atoms with Crippen LogP contribution in [-0.2, 0) is 27.5 Å². The van der Waals surface area contributed by atoms with Crippen LogP contribution in [-0.4, -0.2) is 43.9 Å². The van der Waals surface area contributed by atoms with Gasteiger partial charge in [0.25, 0.3) is 11.8 Å². The highest BCUT2D eigenvalue weighted by atomic mass is 32.2. The minimum absolute atomic E-state index is 0.0374. The van der Waals surface area contributed by atoms with Gasteiger partial charge in [0.2, 0.25) is 0 Å². The smallest absolute Gasteiger partial charge is 0.265 e. The summed E-state index contributed by atoms with van der Waals surface area (Å²) in [7, 11) is -3.11. The molecule has 1 saturated heterocycles. The number of carbonyl (C=O) groups is 2. The minimum Gasteiger partial charge on any atom is -0.481 e. The van der Waals surface area contributed by atoms with Crippen molar-refractivity contribution in [3.63, 3.8) is 0 Å². The lowest BCUT2D eigenvalue weighted by Gasteiger charge is -2.19. The summed E-state index contributed by atoms with van der Waals surface area (Å²) in [4.78, 5) is 27.4. The summed E-state index contributed by atoms with van der Waals surface area (Å²) in [6, 6.07) is 7.30. The molecule has 2 heterocycles. The third-order valence-corrected chi connectivity index (χ3v) is 9.71. The number of sulfone groups is 1. The Balaban J connectivity index is 1.51. The van der Waals surface area contributed by atoms with Crippen LogP contribution < -0.4 is 15.4 Å². The summed E-state index contributed by atoms with van der Waals surface area (Å²) < 4.78 is 29.6. The van der Waals surface area contributed by atoms with Gasteiger partial charge in [-0.3, -0.25) is 9.59 Å². The second-order valence-corrected chi connectivity index (χ2v) is 13.4. The predicted octanol–water partition coefficient (Wildman–Crippen LogP) is 4.32. The Bertz CT molecular complexity index is 1200. The molecule has 1 fully saturated rings. The van der Waals surface area contributed by atoms with Gasteiger partial charge in [-0.25, -0.2) is 8.42 Å². The molecule has 2 aromatic rings. The number of anilines is 1. The first-order valence-electron chi connectivity index (χ1n) is 12.3. The lowest BCUT2D eigenvalue weighted by atomic mass is 9.88. The first kappa shape index (κ1) is 25.7. The van der Waals surface area contributed by atoms with E-state index in [0.717, 1.165) is 29.7 Å². The van der Waals surface area contributed by atoms with Crippen molar-refractivity contribution in [2.45, 2.75) is 71.4 Å². The number of hydrogen-bond donors (Lipinski definition) is 2. The number of thiophene rings is 1. The van der Waals surface area contributed by atoms with E-state index in [9.17, 15) is 18.0 Å². The highest BCUT2D eigenvalue weighted by Gasteiger charge is 2.33. The molecule has 1 aliphatic heterocycles. The molecule has 0 saturated carbocycles. The van der Waals surface area contributed by atoms with Gasteiger partial charge in [-0.1, -0.05) is 32.9 Å². The number of carbonyl (C=O) groups excluding carboxylic acids is 2. The molecule has 0 spiro atoms. The largest absolute Gasteiger partial charge is 0.481 e. The fourth-order valence-corrected chi connectivity index (χ4v) is 7.73. The summed E-state index contributed by atoms with van der Waals surface area (Å²) in [5.74, 6) is 0.937. The van der Waals surface area contributed by atoms with Crippen molar-refractivity contribution in [2.24, 2.45) is 5.92 Å². The quantitative estimate of drug-likeness (QED) is 0.569. The molecule has 1 aliphatic carbocycles. The lowest BCUT2D eigenvalue weighted by molar-refractivity contribution is -0.122. The zero-order valence-electron chi connectivity index (χ0n) is 20.7. The van der Waals surface area contributed by atoms with Crippen molar-refractivity contribution >= 4 is 38.0 Å². The first-order valence-corrected chi connectivity index (χ1v) is 14.9. The Kier molecular flexibility index (Phi) is 7.57. The number of benzene rings is 1. The van der Waals surface area contributed by atoms with E-state index >= 15 is 0 Å². The Morgan fingerprint density at radius 3 is 2.46 bits per heavy atom. The van der Waals surface area contributed by atoms with Crippen molar-refractivity contribution in [2.75, 3.05) is 16.8 Å². The number of fused-ring (bicyclic) bond motifs is 1. The van der Waals surface area contributed by atoms with Crippen molar-refractivity contribution < 1.29 is 22.7 Å². The van der Waals surface area contributed by atoms with Crippen molar-refractivity contribution in [1.29, 1.82) is 0 Å². The number of amides is 2. The van der Waals surface area contributed by atoms with Gasteiger partial charge in [-0.05, 0) is 67.7 Å². The molecule has 4 rings (SSSR count). The fraction of sp³-hybridized carbons (Fsp3) is 0.538. The van der Waals surface area contributed by atoms with Gasteiger partial charge in [0.05, 0.1) is 17.1 Å². The van der Waals surface area contributed by atoms with Gasteiger partial charge in [-0.2, -0.15) is 0 Å². The van der Waals surface area contributed by atoms with Gasteiger partial charge >= 0.3 is 0 Å². The summed E-state index contributed by atoms with van der Waals surface area (Å²) in [5, 5.41) is 6.34. The van der Waals surface area contributed by atoms with E-state index < -0.39 is 22.0 Å². The lowest BCUT2D eigenvalue weighted by Crippen LogP contribution is -2.37. The van der Waals surface area contributed by atoms with Gasteiger partial charge < -0.3 is 15.4 Å². The predicted molar refractivity (Wildman–Crippen MR) is 139 cm³/mol. The Morgan fingerprint density at radius 1 is 1.11 bits per heavy atom. The molecule has 1 aromatic heterocycles. The average Bonchev–Trinajstić information content (AvgIpc) is 3.31. The van der Waals surface area contributed by atoms with Crippen LogP contribution in [0.25, 0.3) is 0 Å². The van der Waals surface area contributed by atoms with E-state index in [2.05, 4.69) is 31.4 Å². The van der Waals surface area contributed by atoms with E-state index in [4.69, 9.17) is 4.74 Å². The number of nitrogens with one attached hydrogen (secondary N) is 2. The molecule has 3 unspecified atom stereocenters. The Labute approximate surface area is 211 Å². The summed E-state index contributed by atoms with van der Waals surface area (Å²) >= 11 is 1.44. The van der Waals surface area contributed by atoms with E-state index in [-0.39, 0.29) is 23.3 Å². The van der Waals surface area contributed by atoms with Crippen LogP contribution in [0, 0.1) is 5.92 Å². The van der Waals surface area contributed by atoms with Crippen LogP contribution in [0.3, 0.4) is 0 Å². The topological polar surface area (TPSA) is 102 Å². The first-order chi connectivity index (χ1) is 16.5. The molecule has 2 N–H and O–H groups in total. The molecule has 1 aromatic carbocycles. The molecule has 9 heteroatoms. The third-order valence-electron chi connectivity index (χ3n) is 6.77. The van der Waals surface area contributed by atoms with Crippen LogP contribution in [0.4, 0.5) is 5.00 Å². The molecule has 2 aliphatic rings. The van der Waals surface area contributed by atoms with Crippen molar-refractivity contribution in [3.8, 4) is 5.75 Å². The number of ether oxygens (including phenoxy) is 1. The molecule has 0 bridgehead atoms. The summed E-state index contributed by atoms with van der Waals surface area (Å²) in [6.07, 6.45) is 2.26. The molecule has 190 valence electrons. The van der Waals surface area contributed by atoms with Crippen LogP contribution in [0.1, 0.15) is 72.8 Å². The van der Waals surface area contributed by atoms with Gasteiger partial charge in [0.1, 0.15) is 10.8 Å². The minimum atomic E-state index is -3.11. The Hall–Kier alpha value is -2.39. The zero-order valence-corrected chi connectivity index (χ0v) is 22.4. The van der Waals surface area contributed by atoms with Crippen molar-refractivity contribution in [3.05, 3.63) is 45.8 Å². The molecule has 35 heavy (non-hydrogen) atoms. The van der Waals surface area contributed by atoms with Crippen LogP contribution in [0.2, 0.25) is 0 Å². The van der Waals surface area contributed by atoms with Gasteiger partial charge in [0, 0.05) is 10.9 Å². The maximum absolute atomic E-state index is 13.3. The Morgan fingerprint density at radius 2 is 1.83 bits per heavy atom. The highest BCUT2D eigenvalue weighted by Crippen LogP contribution is 2.40. The number of hydrogen-bond acceptors (Lipinski definition) is 6. The molecular weight excluding hydrogens is 484 g/mol. The van der Waals surface area contributed by atoms with Crippen LogP contribution >= 0.6 is 11.3 Å². The molecule has 7 nitrogen and oxygen atoms in total. The maximum atomic E-state index is 13.3. The van der Waals surface area contributed by atoms with E-state index in [1.54, 1.807) is 6.92 Å². The van der Waals surface area contributed by atoms with E-state index in [0.29, 0.717) is 34.6 Å². The average molecular weight is 519 g/mol. The summed E-state index contributed by atoms with van der Waals surface area (Å²) in [5.41, 5.74) is 2.64. The van der Waals surface area contributed by atoms with Crippen LogP contribution in [0.5, 0.6) is 5.75 Å². The molecule has 3 atom stereocenters. The van der Waals surface area contributed by atoms with E-state index in [1.165, 1.54) is 16.9 Å². The monoisotopic (exact) mass is 518 g/mol. The van der Waals surface area contributed by atoms with Gasteiger partial charge in [0.15, 0.2) is 15.9 Å². The van der Waals surface area contributed by atoms with Crippen molar-refractivity contribution in [1.82, 2.24) is 5.32 Å². The second-order valence-electron chi connectivity index (χ2n) is 10.1. The second kappa shape index (κ2) is 10.3.